The van der Waals surface area contributed by atoms with Crippen LogP contribution in [-0.4, -0.2) is 55.9 Å². The predicted molar refractivity (Wildman–Crippen MR) is 160 cm³/mol. The number of rotatable bonds is 7. The van der Waals surface area contributed by atoms with Gasteiger partial charge in [0.25, 0.3) is 0 Å². The van der Waals surface area contributed by atoms with Gasteiger partial charge in [-0.15, -0.1) is 21.5 Å². The van der Waals surface area contributed by atoms with E-state index in [0.29, 0.717) is 5.95 Å². The number of benzene rings is 2. The van der Waals surface area contributed by atoms with Gasteiger partial charge in [-0.3, -0.25) is 4.40 Å². The summed E-state index contributed by atoms with van der Waals surface area (Å²) in [5, 5.41) is 18.7. The molecule has 0 spiro atoms. The lowest BCUT2D eigenvalue weighted by Gasteiger charge is -2.28. The SMILES string of the molecule is Cc1nnc(Nc2cccc(-c3nc4sccn4c3-c3ccnc(Nc4ccc(N5CCOCC5)cc4)n3)c2)s1. The van der Waals surface area contributed by atoms with Crippen molar-refractivity contribution in [2.45, 2.75) is 6.92 Å². The van der Waals surface area contributed by atoms with Gasteiger partial charge in [0, 0.05) is 53.5 Å². The summed E-state index contributed by atoms with van der Waals surface area (Å²) in [6, 6.07) is 18.4. The van der Waals surface area contributed by atoms with Crippen molar-refractivity contribution in [2.24, 2.45) is 0 Å². The van der Waals surface area contributed by atoms with Gasteiger partial charge >= 0.3 is 0 Å². The summed E-state index contributed by atoms with van der Waals surface area (Å²) in [5.74, 6) is 0.523. The highest BCUT2D eigenvalue weighted by Gasteiger charge is 2.19. The summed E-state index contributed by atoms with van der Waals surface area (Å²) >= 11 is 3.11. The van der Waals surface area contributed by atoms with Gasteiger partial charge in [0.2, 0.25) is 11.1 Å². The number of anilines is 5. The van der Waals surface area contributed by atoms with Crippen LogP contribution in [0.5, 0.6) is 0 Å². The monoisotopic (exact) mass is 567 g/mol. The highest BCUT2D eigenvalue weighted by molar-refractivity contribution is 7.15. The number of thiazole rings is 1. The quantitative estimate of drug-likeness (QED) is 0.240. The minimum absolute atomic E-state index is 0.523. The van der Waals surface area contributed by atoms with Crippen LogP contribution < -0.4 is 15.5 Å². The topological polar surface area (TPSA) is 105 Å². The Kier molecular flexibility index (Phi) is 6.55. The Morgan fingerprint density at radius 1 is 0.925 bits per heavy atom. The van der Waals surface area contributed by atoms with Crippen molar-refractivity contribution in [3.63, 3.8) is 0 Å². The van der Waals surface area contributed by atoms with Crippen LogP contribution in [0.2, 0.25) is 0 Å². The van der Waals surface area contributed by atoms with Gasteiger partial charge in [-0.05, 0) is 49.4 Å². The van der Waals surface area contributed by atoms with Crippen LogP contribution in [0.1, 0.15) is 5.01 Å². The molecule has 0 atom stereocenters. The first-order valence-electron chi connectivity index (χ1n) is 12.9. The van der Waals surface area contributed by atoms with Crippen molar-refractivity contribution < 1.29 is 4.74 Å². The number of nitrogens with zero attached hydrogens (tertiary/aromatic N) is 7. The molecule has 40 heavy (non-hydrogen) atoms. The Morgan fingerprint density at radius 2 is 1.80 bits per heavy atom. The third-order valence-corrected chi connectivity index (χ3v) is 8.08. The number of fused-ring (bicyclic) bond motifs is 1. The molecule has 2 N–H and O–H groups in total. The van der Waals surface area contributed by atoms with Crippen molar-refractivity contribution in [3.8, 4) is 22.6 Å². The van der Waals surface area contributed by atoms with Crippen LogP contribution >= 0.6 is 22.7 Å². The van der Waals surface area contributed by atoms with Gasteiger partial charge in [0.1, 0.15) is 10.7 Å². The molecule has 4 aromatic heterocycles. The molecule has 0 amide bonds. The van der Waals surface area contributed by atoms with Crippen molar-refractivity contribution >= 4 is 55.8 Å². The number of hydrogen-bond acceptors (Lipinski definition) is 11. The van der Waals surface area contributed by atoms with Crippen molar-refractivity contribution in [1.82, 2.24) is 29.5 Å². The van der Waals surface area contributed by atoms with E-state index in [9.17, 15) is 0 Å². The number of morpholine rings is 1. The number of ether oxygens (including phenoxy) is 1. The van der Waals surface area contributed by atoms with E-state index in [1.807, 2.05) is 36.7 Å². The molecule has 2 aromatic carbocycles. The number of nitrogens with one attached hydrogen (secondary N) is 2. The Morgan fingerprint density at radius 3 is 2.62 bits per heavy atom. The summed E-state index contributed by atoms with van der Waals surface area (Å²) in [6.07, 6.45) is 3.80. The molecule has 0 bridgehead atoms. The van der Waals surface area contributed by atoms with Gasteiger partial charge in [0.05, 0.1) is 24.6 Å². The molecule has 0 radical (unpaired) electrons. The molecule has 1 aliphatic rings. The highest BCUT2D eigenvalue weighted by Crippen LogP contribution is 2.35. The average molecular weight is 568 g/mol. The van der Waals surface area contributed by atoms with Gasteiger partial charge < -0.3 is 20.3 Å². The summed E-state index contributed by atoms with van der Waals surface area (Å²) in [4.78, 5) is 17.6. The second kappa shape index (κ2) is 10.6. The normalized spacial score (nSPS) is 13.6. The summed E-state index contributed by atoms with van der Waals surface area (Å²) < 4.78 is 7.55. The molecule has 5 heterocycles. The van der Waals surface area contributed by atoms with E-state index in [2.05, 4.69) is 71.5 Å². The van der Waals surface area contributed by atoms with Crippen LogP contribution in [0.4, 0.5) is 28.1 Å². The maximum absolute atomic E-state index is 5.47. The van der Waals surface area contributed by atoms with E-state index >= 15 is 0 Å². The van der Waals surface area contributed by atoms with Gasteiger partial charge in [-0.25, -0.2) is 15.0 Å². The van der Waals surface area contributed by atoms with E-state index in [-0.39, 0.29) is 0 Å². The molecule has 10 nitrogen and oxygen atoms in total. The smallest absolute Gasteiger partial charge is 0.227 e. The lowest BCUT2D eigenvalue weighted by Crippen LogP contribution is -2.36. The minimum Gasteiger partial charge on any atom is -0.378 e. The van der Waals surface area contributed by atoms with Crippen molar-refractivity contribution in [1.29, 1.82) is 0 Å². The zero-order chi connectivity index (χ0) is 26.9. The molecule has 1 aliphatic heterocycles. The number of hydrogen-bond donors (Lipinski definition) is 2. The lowest BCUT2D eigenvalue weighted by molar-refractivity contribution is 0.122. The predicted octanol–water partition coefficient (Wildman–Crippen LogP) is 6.00. The molecular weight excluding hydrogens is 543 g/mol. The van der Waals surface area contributed by atoms with Crippen molar-refractivity contribution in [2.75, 3.05) is 41.8 Å². The molecule has 7 rings (SSSR count). The molecule has 200 valence electrons. The second-order valence-corrected chi connectivity index (χ2v) is 11.3. The average Bonchev–Trinajstić information content (AvgIpc) is 3.70. The van der Waals surface area contributed by atoms with Crippen LogP contribution in [0.3, 0.4) is 0 Å². The fourth-order valence-electron chi connectivity index (χ4n) is 4.70. The van der Waals surface area contributed by atoms with E-state index in [1.54, 1.807) is 17.5 Å². The minimum atomic E-state index is 0.523. The Balaban J connectivity index is 1.19. The Bertz CT molecular complexity index is 1770. The fraction of sp³-hybridized carbons (Fsp3) is 0.179. The maximum atomic E-state index is 5.47. The van der Waals surface area contributed by atoms with E-state index in [1.165, 1.54) is 17.0 Å². The van der Waals surface area contributed by atoms with Crippen LogP contribution in [0.15, 0.2) is 72.4 Å². The maximum Gasteiger partial charge on any atom is 0.227 e. The number of imidazole rings is 1. The van der Waals surface area contributed by atoms with Crippen LogP contribution in [0, 0.1) is 6.92 Å². The van der Waals surface area contributed by atoms with Gasteiger partial charge in [-0.2, -0.15) is 0 Å². The first-order valence-corrected chi connectivity index (χ1v) is 14.6. The Hall–Kier alpha value is -4.39. The summed E-state index contributed by atoms with van der Waals surface area (Å²) in [5.41, 5.74) is 6.54. The van der Waals surface area contributed by atoms with Gasteiger partial charge in [-0.1, -0.05) is 23.5 Å². The fourth-order valence-corrected chi connectivity index (χ4v) is 6.03. The Labute approximate surface area is 238 Å². The summed E-state index contributed by atoms with van der Waals surface area (Å²) in [6.45, 7) is 5.28. The van der Waals surface area contributed by atoms with E-state index in [0.717, 1.165) is 75.4 Å². The number of aromatic nitrogens is 6. The van der Waals surface area contributed by atoms with E-state index in [4.69, 9.17) is 14.7 Å². The number of aryl methyl sites for hydroxylation is 1. The van der Waals surface area contributed by atoms with E-state index < -0.39 is 0 Å². The zero-order valence-corrected chi connectivity index (χ0v) is 23.2. The lowest BCUT2D eigenvalue weighted by atomic mass is 10.1. The molecular formula is C28H25N9OS2. The molecule has 1 saturated heterocycles. The largest absolute Gasteiger partial charge is 0.378 e. The molecule has 0 unspecified atom stereocenters. The summed E-state index contributed by atoms with van der Waals surface area (Å²) in [7, 11) is 0. The first-order chi connectivity index (χ1) is 19.7. The molecule has 6 aromatic rings. The first kappa shape index (κ1) is 24.6. The third kappa shape index (κ3) is 4.99. The van der Waals surface area contributed by atoms with Crippen LogP contribution in [0.25, 0.3) is 27.6 Å². The highest BCUT2D eigenvalue weighted by atomic mass is 32.1. The second-order valence-electron chi connectivity index (χ2n) is 9.23. The third-order valence-electron chi connectivity index (χ3n) is 6.57. The van der Waals surface area contributed by atoms with Gasteiger partial charge in [0.15, 0.2) is 4.96 Å². The standard InChI is InChI=1S/C28H25N9OS2/c1-18-34-35-27(40-18)31-21-4-2-3-19(17-21)24-25(37-13-16-39-28(37)33-24)23-9-10-29-26(32-23)30-20-5-7-22(8-6-20)36-11-14-38-15-12-36/h2-10,13,16-17H,11-12,14-15H2,1H3,(H,31,35)(H,29,30,32). The molecule has 0 aliphatic carbocycles. The molecule has 0 saturated carbocycles. The van der Waals surface area contributed by atoms with Crippen molar-refractivity contribution in [3.05, 3.63) is 77.4 Å². The van der Waals surface area contributed by atoms with Crippen LogP contribution in [-0.2, 0) is 4.74 Å². The molecule has 1 fully saturated rings. The molecule has 12 heteroatoms. The zero-order valence-electron chi connectivity index (χ0n) is 21.6.